The van der Waals surface area contributed by atoms with Crippen LogP contribution in [0, 0.1) is 6.92 Å². The van der Waals surface area contributed by atoms with Gasteiger partial charge in [-0.15, -0.1) is 0 Å². The van der Waals surface area contributed by atoms with Crippen molar-refractivity contribution in [1.29, 1.82) is 0 Å². The molecule has 0 saturated carbocycles. The fourth-order valence-electron chi connectivity index (χ4n) is 2.06. The molecule has 0 saturated heterocycles. The highest BCUT2D eigenvalue weighted by Gasteiger charge is 2.07. The molecule has 0 atom stereocenters. The van der Waals surface area contributed by atoms with Crippen molar-refractivity contribution in [2.24, 2.45) is 0 Å². The van der Waals surface area contributed by atoms with Crippen LogP contribution in [0.1, 0.15) is 11.1 Å². The van der Waals surface area contributed by atoms with Crippen molar-refractivity contribution < 1.29 is 14.6 Å². The third-order valence-corrected chi connectivity index (χ3v) is 3.18. The quantitative estimate of drug-likeness (QED) is 0.877. The Labute approximate surface area is 119 Å². The first-order valence-electron chi connectivity index (χ1n) is 6.39. The largest absolute Gasteiger partial charge is 0.504 e. The van der Waals surface area contributed by atoms with Gasteiger partial charge in [0.15, 0.2) is 11.5 Å². The van der Waals surface area contributed by atoms with Crippen LogP contribution in [0.2, 0.25) is 0 Å². The van der Waals surface area contributed by atoms with Crippen LogP contribution in [0.3, 0.4) is 0 Å². The number of hydrogen-bond donors (Lipinski definition) is 2. The zero-order valence-corrected chi connectivity index (χ0v) is 11.9. The molecule has 0 amide bonds. The van der Waals surface area contributed by atoms with Crippen LogP contribution in [0.5, 0.6) is 17.2 Å². The average molecular weight is 273 g/mol. The Balaban J connectivity index is 2.11. The van der Waals surface area contributed by atoms with E-state index >= 15 is 0 Å². The second-order valence-electron chi connectivity index (χ2n) is 4.51. The van der Waals surface area contributed by atoms with Crippen LogP contribution < -0.4 is 14.8 Å². The highest BCUT2D eigenvalue weighted by molar-refractivity contribution is 5.52. The fraction of sp³-hybridized carbons (Fsp3) is 0.250. The number of rotatable bonds is 5. The topological polar surface area (TPSA) is 50.7 Å². The molecule has 0 spiro atoms. The molecule has 0 aliphatic heterocycles. The molecule has 4 nitrogen and oxygen atoms in total. The summed E-state index contributed by atoms with van der Waals surface area (Å²) in [7, 11) is 3.20. The summed E-state index contributed by atoms with van der Waals surface area (Å²) < 4.78 is 10.3. The molecule has 0 aromatic heterocycles. The van der Waals surface area contributed by atoms with Gasteiger partial charge in [0.05, 0.1) is 14.2 Å². The van der Waals surface area contributed by atoms with Crippen molar-refractivity contribution in [1.82, 2.24) is 0 Å². The van der Waals surface area contributed by atoms with Gasteiger partial charge in [-0.05, 0) is 36.8 Å². The number of aryl methyl sites for hydroxylation is 1. The summed E-state index contributed by atoms with van der Waals surface area (Å²) in [5, 5.41) is 13.3. The number of aromatic hydroxyl groups is 1. The molecule has 2 rings (SSSR count). The number of phenolic OH excluding ortho intramolecular Hbond substituents is 1. The SMILES string of the molecule is COc1ccc(NCc2cccc(OC)c2O)cc1C. The minimum absolute atomic E-state index is 0.174. The minimum atomic E-state index is 0.174. The lowest BCUT2D eigenvalue weighted by atomic mass is 10.1. The maximum absolute atomic E-state index is 10.0. The molecule has 2 N–H and O–H groups in total. The lowest BCUT2D eigenvalue weighted by molar-refractivity contribution is 0.371. The molecule has 20 heavy (non-hydrogen) atoms. The Morgan fingerprint density at radius 3 is 2.45 bits per heavy atom. The lowest BCUT2D eigenvalue weighted by Gasteiger charge is -2.12. The van der Waals surface area contributed by atoms with Crippen molar-refractivity contribution in [3.63, 3.8) is 0 Å². The highest BCUT2D eigenvalue weighted by Crippen LogP contribution is 2.30. The predicted molar refractivity (Wildman–Crippen MR) is 79.7 cm³/mol. The summed E-state index contributed by atoms with van der Waals surface area (Å²) in [6.45, 7) is 2.52. The third-order valence-electron chi connectivity index (χ3n) is 3.18. The standard InChI is InChI=1S/C16H19NO3/c1-11-9-13(7-8-14(11)19-2)17-10-12-5-4-6-15(20-3)16(12)18/h4-9,17-18H,10H2,1-3H3. The van der Waals surface area contributed by atoms with Crippen molar-refractivity contribution in [3.8, 4) is 17.2 Å². The fourth-order valence-corrected chi connectivity index (χ4v) is 2.06. The summed E-state index contributed by atoms with van der Waals surface area (Å²) in [6, 6.07) is 11.3. The Bertz CT molecular complexity index is 596. The normalized spacial score (nSPS) is 10.2. The van der Waals surface area contributed by atoms with E-state index in [-0.39, 0.29) is 5.75 Å². The van der Waals surface area contributed by atoms with Gasteiger partial charge in [0.1, 0.15) is 5.75 Å². The van der Waals surface area contributed by atoms with Crippen molar-refractivity contribution in [2.45, 2.75) is 13.5 Å². The Kier molecular flexibility index (Phi) is 4.35. The molecule has 0 bridgehead atoms. The van der Waals surface area contributed by atoms with E-state index in [4.69, 9.17) is 9.47 Å². The molecular formula is C16H19NO3. The monoisotopic (exact) mass is 273 g/mol. The van der Waals surface area contributed by atoms with E-state index in [9.17, 15) is 5.11 Å². The summed E-state index contributed by atoms with van der Waals surface area (Å²) in [5.41, 5.74) is 2.83. The summed E-state index contributed by atoms with van der Waals surface area (Å²) >= 11 is 0. The molecule has 0 aliphatic rings. The number of methoxy groups -OCH3 is 2. The summed E-state index contributed by atoms with van der Waals surface area (Å²) in [4.78, 5) is 0. The number of hydrogen-bond acceptors (Lipinski definition) is 4. The van der Waals surface area contributed by atoms with E-state index in [1.54, 1.807) is 20.3 Å². The second-order valence-corrected chi connectivity index (χ2v) is 4.51. The van der Waals surface area contributed by atoms with Gasteiger partial charge in [-0.25, -0.2) is 0 Å². The maximum atomic E-state index is 10.0. The number of phenols is 1. The van der Waals surface area contributed by atoms with E-state index in [2.05, 4.69) is 5.32 Å². The van der Waals surface area contributed by atoms with Gasteiger partial charge >= 0.3 is 0 Å². The third kappa shape index (κ3) is 2.96. The molecule has 0 radical (unpaired) electrons. The average Bonchev–Trinajstić information content (AvgIpc) is 2.46. The van der Waals surface area contributed by atoms with Crippen LogP contribution in [0.15, 0.2) is 36.4 Å². The van der Waals surface area contributed by atoms with Crippen LogP contribution >= 0.6 is 0 Å². The van der Waals surface area contributed by atoms with E-state index < -0.39 is 0 Å². The first-order valence-corrected chi connectivity index (χ1v) is 6.39. The van der Waals surface area contributed by atoms with E-state index in [0.717, 1.165) is 22.6 Å². The first-order chi connectivity index (χ1) is 9.65. The summed E-state index contributed by atoms with van der Waals surface area (Å²) in [5.74, 6) is 1.52. The number of nitrogens with one attached hydrogen (secondary N) is 1. The Hall–Kier alpha value is -2.36. The predicted octanol–water partition coefficient (Wildman–Crippen LogP) is 3.33. The van der Waals surface area contributed by atoms with E-state index in [1.807, 2.05) is 37.3 Å². The van der Waals surface area contributed by atoms with Crippen molar-refractivity contribution in [2.75, 3.05) is 19.5 Å². The number of benzene rings is 2. The molecule has 0 aliphatic carbocycles. The van der Waals surface area contributed by atoms with Crippen molar-refractivity contribution in [3.05, 3.63) is 47.5 Å². The molecule has 2 aromatic carbocycles. The zero-order chi connectivity index (χ0) is 14.5. The Morgan fingerprint density at radius 1 is 1.05 bits per heavy atom. The van der Waals surface area contributed by atoms with Gasteiger partial charge in [-0.1, -0.05) is 12.1 Å². The lowest BCUT2D eigenvalue weighted by Crippen LogP contribution is -2.01. The number of ether oxygens (including phenoxy) is 2. The summed E-state index contributed by atoms with van der Waals surface area (Å²) in [6.07, 6.45) is 0. The van der Waals surface area contributed by atoms with Crippen LogP contribution in [-0.4, -0.2) is 19.3 Å². The smallest absolute Gasteiger partial charge is 0.162 e. The van der Waals surface area contributed by atoms with Gasteiger partial charge in [0.2, 0.25) is 0 Å². The maximum Gasteiger partial charge on any atom is 0.162 e. The van der Waals surface area contributed by atoms with Crippen LogP contribution in [0.4, 0.5) is 5.69 Å². The van der Waals surface area contributed by atoms with Gasteiger partial charge in [0, 0.05) is 17.8 Å². The van der Waals surface area contributed by atoms with E-state index in [0.29, 0.717) is 12.3 Å². The van der Waals surface area contributed by atoms with Crippen LogP contribution in [0.25, 0.3) is 0 Å². The molecule has 2 aromatic rings. The number of anilines is 1. The first kappa shape index (κ1) is 14.1. The molecular weight excluding hydrogens is 254 g/mol. The van der Waals surface area contributed by atoms with Crippen LogP contribution in [-0.2, 0) is 6.54 Å². The molecule has 106 valence electrons. The molecule has 0 unspecified atom stereocenters. The van der Waals surface area contributed by atoms with Crippen molar-refractivity contribution >= 4 is 5.69 Å². The molecule has 0 fully saturated rings. The highest BCUT2D eigenvalue weighted by atomic mass is 16.5. The van der Waals surface area contributed by atoms with Gasteiger partial charge in [-0.3, -0.25) is 0 Å². The molecule has 4 heteroatoms. The number of para-hydroxylation sites is 1. The zero-order valence-electron chi connectivity index (χ0n) is 11.9. The van der Waals surface area contributed by atoms with E-state index in [1.165, 1.54) is 0 Å². The second kappa shape index (κ2) is 6.19. The minimum Gasteiger partial charge on any atom is -0.504 e. The van der Waals surface area contributed by atoms with Gasteiger partial charge in [-0.2, -0.15) is 0 Å². The van der Waals surface area contributed by atoms with Gasteiger partial charge in [0.25, 0.3) is 0 Å². The molecule has 0 heterocycles. The van der Waals surface area contributed by atoms with Gasteiger partial charge < -0.3 is 19.9 Å². The Morgan fingerprint density at radius 2 is 1.80 bits per heavy atom.